The fraction of sp³-hybridized carbons (Fsp3) is 0.312. The van der Waals surface area contributed by atoms with E-state index in [1.807, 2.05) is 29.5 Å². The summed E-state index contributed by atoms with van der Waals surface area (Å²) in [5.41, 5.74) is 1.93. The standard InChI is InChI=1S/C16H16BrN5O2/c1-11-3-2-4-14-18-19-16(22(11)14)21-9-7-20(8-10-21)15(23)12-5-6-13(17)24-12/h2-6H,7-10H2,1H3. The van der Waals surface area contributed by atoms with Crippen LogP contribution < -0.4 is 4.90 Å². The average molecular weight is 390 g/mol. The molecule has 7 nitrogen and oxygen atoms in total. The number of nitrogens with zero attached hydrogens (tertiary/aromatic N) is 5. The summed E-state index contributed by atoms with van der Waals surface area (Å²) in [5.74, 6) is 1.11. The largest absolute Gasteiger partial charge is 0.444 e. The fourth-order valence-electron chi connectivity index (χ4n) is 2.98. The molecular formula is C16H16BrN5O2. The Labute approximate surface area is 147 Å². The highest BCUT2D eigenvalue weighted by atomic mass is 79.9. The highest BCUT2D eigenvalue weighted by molar-refractivity contribution is 9.10. The highest BCUT2D eigenvalue weighted by Gasteiger charge is 2.26. The molecule has 24 heavy (non-hydrogen) atoms. The van der Waals surface area contributed by atoms with Gasteiger partial charge in [-0.15, -0.1) is 10.2 Å². The van der Waals surface area contributed by atoms with Gasteiger partial charge < -0.3 is 14.2 Å². The van der Waals surface area contributed by atoms with Crippen molar-refractivity contribution in [3.63, 3.8) is 0 Å². The Bertz CT molecular complexity index is 895. The maximum absolute atomic E-state index is 12.4. The number of fused-ring (bicyclic) bond motifs is 1. The lowest BCUT2D eigenvalue weighted by Crippen LogP contribution is -2.49. The van der Waals surface area contributed by atoms with Crippen LogP contribution in [-0.2, 0) is 0 Å². The number of amides is 1. The van der Waals surface area contributed by atoms with Crippen molar-refractivity contribution in [2.45, 2.75) is 6.92 Å². The van der Waals surface area contributed by atoms with Crippen molar-refractivity contribution in [1.82, 2.24) is 19.5 Å². The summed E-state index contributed by atoms with van der Waals surface area (Å²) in [4.78, 5) is 16.4. The summed E-state index contributed by atoms with van der Waals surface area (Å²) in [6, 6.07) is 9.37. The second-order valence-electron chi connectivity index (χ2n) is 5.74. The lowest BCUT2D eigenvalue weighted by Gasteiger charge is -2.34. The first-order chi connectivity index (χ1) is 11.6. The van der Waals surface area contributed by atoms with E-state index in [-0.39, 0.29) is 5.91 Å². The molecule has 1 aliphatic heterocycles. The van der Waals surface area contributed by atoms with Crippen LogP contribution >= 0.6 is 15.9 Å². The van der Waals surface area contributed by atoms with Crippen LogP contribution in [0.25, 0.3) is 5.65 Å². The van der Waals surface area contributed by atoms with E-state index >= 15 is 0 Å². The zero-order valence-corrected chi connectivity index (χ0v) is 14.7. The molecule has 0 bridgehead atoms. The van der Waals surface area contributed by atoms with Gasteiger partial charge in [-0.05, 0) is 47.1 Å². The van der Waals surface area contributed by atoms with Gasteiger partial charge in [-0.2, -0.15) is 0 Å². The molecule has 0 N–H and O–H groups in total. The highest BCUT2D eigenvalue weighted by Crippen LogP contribution is 2.20. The van der Waals surface area contributed by atoms with Gasteiger partial charge in [0.25, 0.3) is 5.91 Å². The lowest BCUT2D eigenvalue weighted by molar-refractivity contribution is 0.0712. The van der Waals surface area contributed by atoms with E-state index in [2.05, 4.69) is 31.0 Å². The third-order valence-electron chi connectivity index (χ3n) is 4.24. The molecule has 1 fully saturated rings. The van der Waals surface area contributed by atoms with Crippen molar-refractivity contribution in [1.29, 1.82) is 0 Å². The van der Waals surface area contributed by atoms with Crippen molar-refractivity contribution < 1.29 is 9.21 Å². The number of hydrogen-bond donors (Lipinski definition) is 0. The average Bonchev–Trinajstić information content (AvgIpc) is 3.21. The number of pyridine rings is 1. The quantitative estimate of drug-likeness (QED) is 0.672. The van der Waals surface area contributed by atoms with Crippen LogP contribution in [0.2, 0.25) is 0 Å². The molecule has 0 atom stereocenters. The van der Waals surface area contributed by atoms with E-state index in [1.54, 1.807) is 17.0 Å². The van der Waals surface area contributed by atoms with Gasteiger partial charge in [0, 0.05) is 31.9 Å². The topological polar surface area (TPSA) is 66.9 Å². The molecule has 1 saturated heterocycles. The van der Waals surface area contributed by atoms with Crippen molar-refractivity contribution in [2.24, 2.45) is 0 Å². The van der Waals surface area contributed by atoms with Crippen LogP contribution in [0.3, 0.4) is 0 Å². The Kier molecular flexibility index (Phi) is 3.76. The molecule has 8 heteroatoms. The van der Waals surface area contributed by atoms with Crippen LogP contribution in [0.15, 0.2) is 39.4 Å². The van der Waals surface area contributed by atoms with Crippen molar-refractivity contribution in [3.05, 3.63) is 46.5 Å². The maximum atomic E-state index is 12.4. The number of carbonyl (C=O) groups excluding carboxylic acids is 1. The number of anilines is 1. The third-order valence-corrected chi connectivity index (χ3v) is 4.67. The van der Waals surface area contributed by atoms with Gasteiger partial charge in [-0.25, -0.2) is 0 Å². The fourth-order valence-corrected chi connectivity index (χ4v) is 3.29. The number of piperazine rings is 1. The SMILES string of the molecule is Cc1cccc2nnc(N3CCN(C(=O)c4ccc(Br)o4)CC3)n12. The zero-order valence-electron chi connectivity index (χ0n) is 13.1. The molecule has 4 rings (SSSR count). The number of carbonyl (C=O) groups is 1. The summed E-state index contributed by atoms with van der Waals surface area (Å²) >= 11 is 3.23. The smallest absolute Gasteiger partial charge is 0.289 e. The molecule has 1 aliphatic rings. The second-order valence-corrected chi connectivity index (χ2v) is 6.53. The summed E-state index contributed by atoms with van der Waals surface area (Å²) in [6.07, 6.45) is 0. The minimum Gasteiger partial charge on any atom is -0.444 e. The summed E-state index contributed by atoms with van der Waals surface area (Å²) < 4.78 is 7.96. The Morgan fingerprint density at radius 2 is 1.92 bits per heavy atom. The number of furan rings is 1. The van der Waals surface area contributed by atoms with Crippen molar-refractivity contribution in [3.8, 4) is 0 Å². The Hall–Kier alpha value is -2.35. The van der Waals surface area contributed by atoms with Gasteiger partial charge in [0.1, 0.15) is 0 Å². The van der Waals surface area contributed by atoms with E-state index in [9.17, 15) is 4.79 Å². The molecule has 0 radical (unpaired) electrons. The summed E-state index contributed by atoms with van der Waals surface area (Å²) in [5, 5.41) is 8.55. The molecular weight excluding hydrogens is 374 g/mol. The number of halogens is 1. The predicted octanol–water partition coefficient (Wildman–Crippen LogP) is 2.36. The van der Waals surface area contributed by atoms with E-state index < -0.39 is 0 Å². The molecule has 0 saturated carbocycles. The molecule has 4 heterocycles. The molecule has 0 spiro atoms. The molecule has 1 amide bonds. The molecule has 0 aliphatic carbocycles. The van der Waals surface area contributed by atoms with Crippen LogP contribution in [-0.4, -0.2) is 51.6 Å². The minimum absolute atomic E-state index is 0.0809. The monoisotopic (exact) mass is 389 g/mol. The Balaban J connectivity index is 1.50. The van der Waals surface area contributed by atoms with Gasteiger partial charge in [0.05, 0.1) is 0 Å². The number of aromatic nitrogens is 3. The summed E-state index contributed by atoms with van der Waals surface area (Å²) in [7, 11) is 0. The Morgan fingerprint density at radius 3 is 2.62 bits per heavy atom. The van der Waals surface area contributed by atoms with E-state index in [1.165, 1.54) is 0 Å². The van der Waals surface area contributed by atoms with Crippen LogP contribution in [0.1, 0.15) is 16.2 Å². The molecule has 0 aromatic carbocycles. The van der Waals surface area contributed by atoms with E-state index in [0.29, 0.717) is 36.6 Å². The van der Waals surface area contributed by atoms with E-state index in [4.69, 9.17) is 4.42 Å². The first-order valence-corrected chi connectivity index (χ1v) is 8.53. The predicted molar refractivity (Wildman–Crippen MR) is 92.2 cm³/mol. The van der Waals surface area contributed by atoms with Gasteiger partial charge in [-0.1, -0.05) is 6.07 Å². The first kappa shape index (κ1) is 15.2. The van der Waals surface area contributed by atoms with E-state index in [0.717, 1.165) is 17.3 Å². The van der Waals surface area contributed by atoms with Crippen LogP contribution in [0.5, 0.6) is 0 Å². The number of hydrogen-bond acceptors (Lipinski definition) is 5. The zero-order chi connectivity index (χ0) is 16.7. The second kappa shape index (κ2) is 5.94. The van der Waals surface area contributed by atoms with Gasteiger partial charge in [0.15, 0.2) is 16.1 Å². The molecule has 124 valence electrons. The van der Waals surface area contributed by atoms with Crippen molar-refractivity contribution in [2.75, 3.05) is 31.1 Å². The van der Waals surface area contributed by atoms with Gasteiger partial charge in [0.2, 0.25) is 5.95 Å². The van der Waals surface area contributed by atoms with Crippen molar-refractivity contribution >= 4 is 33.4 Å². The maximum Gasteiger partial charge on any atom is 0.289 e. The molecule has 3 aromatic rings. The van der Waals surface area contributed by atoms with Crippen LogP contribution in [0.4, 0.5) is 5.95 Å². The van der Waals surface area contributed by atoms with Gasteiger partial charge >= 0.3 is 0 Å². The normalized spacial score (nSPS) is 15.2. The van der Waals surface area contributed by atoms with Crippen LogP contribution in [0, 0.1) is 6.92 Å². The number of aryl methyl sites for hydroxylation is 1. The Morgan fingerprint density at radius 1 is 1.12 bits per heavy atom. The van der Waals surface area contributed by atoms with Gasteiger partial charge in [-0.3, -0.25) is 9.20 Å². The number of rotatable bonds is 2. The first-order valence-electron chi connectivity index (χ1n) is 7.74. The lowest BCUT2D eigenvalue weighted by atomic mass is 10.3. The molecule has 3 aromatic heterocycles. The minimum atomic E-state index is -0.0809. The third kappa shape index (κ3) is 2.56. The summed E-state index contributed by atoms with van der Waals surface area (Å²) in [6.45, 7) is 4.70. The molecule has 0 unspecified atom stereocenters.